The Hall–Kier alpha value is -0.730. The minimum atomic E-state index is 0.529. The number of nitrogens with one attached hydrogen (secondary N) is 2. The van der Waals surface area contributed by atoms with E-state index in [0.717, 1.165) is 5.96 Å². The summed E-state index contributed by atoms with van der Waals surface area (Å²) in [6.07, 6.45) is 9.19. The monoisotopic (exact) mass is 225 g/mol. The second-order valence-corrected chi connectivity index (χ2v) is 4.89. The van der Waals surface area contributed by atoms with Gasteiger partial charge in [0.05, 0.1) is 0 Å². The minimum Gasteiger partial charge on any atom is -0.354 e. The molecule has 0 aromatic carbocycles. The van der Waals surface area contributed by atoms with Gasteiger partial charge in [-0.25, -0.2) is 0 Å². The summed E-state index contributed by atoms with van der Waals surface area (Å²) in [4.78, 5) is 4.25. The van der Waals surface area contributed by atoms with Gasteiger partial charge in [-0.15, -0.1) is 0 Å². The first-order valence-corrected chi connectivity index (χ1v) is 6.76. The van der Waals surface area contributed by atoms with Crippen LogP contribution in [0.25, 0.3) is 0 Å². The first-order chi connectivity index (χ1) is 7.76. The van der Waals surface area contributed by atoms with Crippen LogP contribution in [0.2, 0.25) is 0 Å². The van der Waals surface area contributed by atoms with E-state index >= 15 is 0 Å². The van der Waals surface area contributed by atoms with Gasteiger partial charge in [-0.2, -0.15) is 0 Å². The number of guanidine groups is 1. The first kappa shape index (κ1) is 13.3. The van der Waals surface area contributed by atoms with Gasteiger partial charge < -0.3 is 10.6 Å². The molecule has 0 radical (unpaired) electrons. The Balaban J connectivity index is 2.08. The average molecular weight is 225 g/mol. The van der Waals surface area contributed by atoms with E-state index in [4.69, 9.17) is 0 Å². The van der Waals surface area contributed by atoms with Crippen molar-refractivity contribution in [3.05, 3.63) is 0 Å². The van der Waals surface area contributed by atoms with Gasteiger partial charge in [0, 0.05) is 19.1 Å². The Labute approximate surface area is 100 Å². The third-order valence-electron chi connectivity index (χ3n) is 3.02. The van der Waals surface area contributed by atoms with Crippen LogP contribution in [0.4, 0.5) is 0 Å². The summed E-state index contributed by atoms with van der Waals surface area (Å²) in [7, 11) is 1.85. The molecule has 3 heteroatoms. The molecule has 1 fully saturated rings. The van der Waals surface area contributed by atoms with Crippen molar-refractivity contribution < 1.29 is 0 Å². The molecule has 0 aromatic heterocycles. The van der Waals surface area contributed by atoms with E-state index in [0.29, 0.717) is 12.1 Å². The van der Waals surface area contributed by atoms with Crippen molar-refractivity contribution in [2.24, 2.45) is 4.99 Å². The standard InChI is InChI=1S/C13H27N3/c1-4-5-6-7-8-11(2)15-13(14-3)16-12-9-10-12/h11-12H,4-10H2,1-3H3,(H2,14,15,16). The molecule has 0 amide bonds. The lowest BCUT2D eigenvalue weighted by Gasteiger charge is -2.17. The minimum absolute atomic E-state index is 0.529. The number of hydrogen-bond acceptors (Lipinski definition) is 1. The molecule has 3 nitrogen and oxygen atoms in total. The topological polar surface area (TPSA) is 36.4 Å². The Morgan fingerprint density at radius 2 is 2.06 bits per heavy atom. The quantitative estimate of drug-likeness (QED) is 0.397. The van der Waals surface area contributed by atoms with E-state index in [1.807, 2.05) is 7.05 Å². The molecule has 0 aromatic rings. The molecule has 2 N–H and O–H groups in total. The van der Waals surface area contributed by atoms with E-state index in [1.165, 1.54) is 44.9 Å². The fourth-order valence-corrected chi connectivity index (χ4v) is 1.77. The highest BCUT2D eigenvalue weighted by Gasteiger charge is 2.22. The summed E-state index contributed by atoms with van der Waals surface area (Å²) in [5.74, 6) is 0.977. The molecule has 1 rings (SSSR count). The zero-order valence-corrected chi connectivity index (χ0v) is 11.1. The Morgan fingerprint density at radius 1 is 1.31 bits per heavy atom. The predicted molar refractivity (Wildman–Crippen MR) is 70.9 cm³/mol. The Morgan fingerprint density at radius 3 is 2.62 bits per heavy atom. The maximum atomic E-state index is 4.25. The fraction of sp³-hybridized carbons (Fsp3) is 0.923. The third-order valence-corrected chi connectivity index (χ3v) is 3.02. The lowest BCUT2D eigenvalue weighted by molar-refractivity contribution is 0.537. The SMILES string of the molecule is CCCCCCC(C)NC(=NC)NC1CC1. The molecule has 16 heavy (non-hydrogen) atoms. The van der Waals surface area contributed by atoms with Gasteiger partial charge in [0.25, 0.3) is 0 Å². The average Bonchev–Trinajstić information content (AvgIpc) is 3.07. The van der Waals surface area contributed by atoms with Crippen molar-refractivity contribution in [1.82, 2.24) is 10.6 Å². The number of rotatable bonds is 7. The summed E-state index contributed by atoms with van der Waals surface area (Å²) in [5.41, 5.74) is 0. The Kier molecular flexibility index (Phi) is 6.27. The molecule has 1 aliphatic carbocycles. The number of aliphatic imine (C=N–C) groups is 1. The van der Waals surface area contributed by atoms with E-state index in [-0.39, 0.29) is 0 Å². The molecule has 1 atom stereocenters. The summed E-state index contributed by atoms with van der Waals surface area (Å²) in [6, 6.07) is 1.21. The highest BCUT2D eigenvalue weighted by Crippen LogP contribution is 2.18. The van der Waals surface area contributed by atoms with E-state index < -0.39 is 0 Å². The van der Waals surface area contributed by atoms with Crippen LogP contribution in [0.5, 0.6) is 0 Å². The third kappa shape index (κ3) is 5.99. The number of nitrogens with zero attached hydrogens (tertiary/aromatic N) is 1. The molecule has 94 valence electrons. The van der Waals surface area contributed by atoms with Gasteiger partial charge in [-0.05, 0) is 26.2 Å². The number of unbranched alkanes of at least 4 members (excludes halogenated alkanes) is 3. The maximum Gasteiger partial charge on any atom is 0.191 e. The molecule has 0 spiro atoms. The van der Waals surface area contributed by atoms with Crippen LogP contribution in [0.1, 0.15) is 58.8 Å². The molecule has 0 heterocycles. The summed E-state index contributed by atoms with van der Waals surface area (Å²) in [5, 5.41) is 6.87. The molecule has 1 saturated carbocycles. The fourth-order valence-electron chi connectivity index (χ4n) is 1.77. The van der Waals surface area contributed by atoms with Crippen molar-refractivity contribution in [1.29, 1.82) is 0 Å². The smallest absolute Gasteiger partial charge is 0.191 e. The summed E-state index contributed by atoms with van der Waals surface area (Å²) >= 11 is 0. The second kappa shape index (κ2) is 7.53. The van der Waals surface area contributed by atoms with Crippen molar-refractivity contribution in [2.45, 2.75) is 70.9 Å². The van der Waals surface area contributed by atoms with Crippen molar-refractivity contribution in [3.63, 3.8) is 0 Å². The van der Waals surface area contributed by atoms with Crippen LogP contribution >= 0.6 is 0 Å². The van der Waals surface area contributed by atoms with Gasteiger partial charge in [0.15, 0.2) is 5.96 Å². The largest absolute Gasteiger partial charge is 0.354 e. The predicted octanol–water partition coefficient (Wildman–Crippen LogP) is 2.67. The molecule has 0 bridgehead atoms. The van der Waals surface area contributed by atoms with Crippen LogP contribution in [0.15, 0.2) is 4.99 Å². The van der Waals surface area contributed by atoms with E-state index in [9.17, 15) is 0 Å². The van der Waals surface area contributed by atoms with Crippen molar-refractivity contribution in [2.75, 3.05) is 7.05 Å². The lowest BCUT2D eigenvalue weighted by Crippen LogP contribution is -2.43. The van der Waals surface area contributed by atoms with E-state index in [1.54, 1.807) is 0 Å². The summed E-state index contributed by atoms with van der Waals surface area (Å²) < 4.78 is 0. The van der Waals surface area contributed by atoms with Crippen molar-refractivity contribution in [3.8, 4) is 0 Å². The molecular formula is C13H27N3. The van der Waals surface area contributed by atoms with Crippen LogP contribution in [-0.4, -0.2) is 25.1 Å². The zero-order valence-electron chi connectivity index (χ0n) is 11.1. The first-order valence-electron chi connectivity index (χ1n) is 6.76. The van der Waals surface area contributed by atoms with Crippen LogP contribution in [-0.2, 0) is 0 Å². The molecule has 1 aliphatic rings. The van der Waals surface area contributed by atoms with Crippen LogP contribution in [0, 0.1) is 0 Å². The Bertz CT molecular complexity index is 209. The second-order valence-electron chi connectivity index (χ2n) is 4.89. The van der Waals surface area contributed by atoms with Gasteiger partial charge in [-0.1, -0.05) is 32.6 Å². The van der Waals surface area contributed by atoms with Crippen molar-refractivity contribution >= 4 is 5.96 Å². The highest BCUT2D eigenvalue weighted by molar-refractivity contribution is 5.80. The summed E-state index contributed by atoms with van der Waals surface area (Å²) in [6.45, 7) is 4.49. The molecule has 0 saturated heterocycles. The lowest BCUT2D eigenvalue weighted by atomic mass is 10.1. The number of hydrogen-bond donors (Lipinski definition) is 2. The van der Waals surface area contributed by atoms with Gasteiger partial charge in [-0.3, -0.25) is 4.99 Å². The zero-order chi connectivity index (χ0) is 11.8. The highest BCUT2D eigenvalue weighted by atomic mass is 15.2. The molecule has 0 aliphatic heterocycles. The molecule has 1 unspecified atom stereocenters. The van der Waals surface area contributed by atoms with Gasteiger partial charge in [0.1, 0.15) is 0 Å². The van der Waals surface area contributed by atoms with Gasteiger partial charge in [0.2, 0.25) is 0 Å². The van der Waals surface area contributed by atoms with Crippen LogP contribution in [0.3, 0.4) is 0 Å². The normalized spacial score (nSPS) is 18.3. The molecular weight excluding hydrogens is 198 g/mol. The van der Waals surface area contributed by atoms with E-state index in [2.05, 4.69) is 29.5 Å². The van der Waals surface area contributed by atoms with Gasteiger partial charge >= 0.3 is 0 Å². The van der Waals surface area contributed by atoms with Crippen LogP contribution < -0.4 is 10.6 Å². The maximum absolute atomic E-state index is 4.25.